The van der Waals surface area contributed by atoms with E-state index < -0.39 is 5.97 Å². The van der Waals surface area contributed by atoms with Gasteiger partial charge in [0.05, 0.1) is 0 Å². The molecule has 0 heterocycles. The van der Waals surface area contributed by atoms with Crippen LogP contribution in [-0.4, -0.2) is 11.1 Å². The maximum atomic E-state index is 12.8. The lowest BCUT2D eigenvalue weighted by atomic mass is 10.1. The van der Waals surface area contributed by atoms with Crippen LogP contribution in [0.15, 0.2) is 36.5 Å². The van der Waals surface area contributed by atoms with Crippen molar-refractivity contribution in [3.63, 3.8) is 0 Å². The summed E-state index contributed by atoms with van der Waals surface area (Å²) in [6.07, 6.45) is 2.33. The van der Waals surface area contributed by atoms with Crippen LogP contribution in [-0.2, 0) is 4.79 Å². The number of carbonyl (C=O) groups is 1. The van der Waals surface area contributed by atoms with Gasteiger partial charge in [0.25, 0.3) is 0 Å². The molecule has 0 saturated carbocycles. The van der Waals surface area contributed by atoms with E-state index in [0.29, 0.717) is 0 Å². The SMILES string of the molecule is C[C@@H](N/C=C/C(=O)O)c1cccc(F)c1. The molecule has 0 bridgehead atoms. The Labute approximate surface area is 87.2 Å². The van der Waals surface area contributed by atoms with Crippen LogP contribution in [0.25, 0.3) is 0 Å². The molecule has 4 heteroatoms. The summed E-state index contributed by atoms with van der Waals surface area (Å²) in [4.78, 5) is 10.2. The lowest BCUT2D eigenvalue weighted by molar-refractivity contribution is -0.131. The van der Waals surface area contributed by atoms with Gasteiger partial charge in [-0.25, -0.2) is 9.18 Å². The predicted octanol–water partition coefficient (Wildman–Crippen LogP) is 2.07. The van der Waals surface area contributed by atoms with E-state index in [1.165, 1.54) is 18.3 Å². The van der Waals surface area contributed by atoms with Crippen LogP contribution < -0.4 is 5.32 Å². The van der Waals surface area contributed by atoms with Gasteiger partial charge >= 0.3 is 5.97 Å². The summed E-state index contributed by atoms with van der Waals surface area (Å²) < 4.78 is 12.8. The number of nitrogens with one attached hydrogen (secondary N) is 1. The Morgan fingerprint density at radius 1 is 1.60 bits per heavy atom. The van der Waals surface area contributed by atoms with Crippen LogP contribution in [0, 0.1) is 5.82 Å². The van der Waals surface area contributed by atoms with Gasteiger partial charge in [-0.1, -0.05) is 12.1 Å². The molecule has 1 aromatic rings. The number of hydrogen-bond acceptors (Lipinski definition) is 2. The van der Waals surface area contributed by atoms with Gasteiger partial charge < -0.3 is 10.4 Å². The molecule has 0 radical (unpaired) electrons. The molecule has 80 valence electrons. The van der Waals surface area contributed by atoms with Crippen molar-refractivity contribution in [3.05, 3.63) is 47.9 Å². The average molecular weight is 209 g/mol. The fraction of sp³-hybridized carbons (Fsp3) is 0.182. The molecule has 0 saturated heterocycles. The molecule has 1 atom stereocenters. The Kier molecular flexibility index (Phi) is 3.85. The quantitative estimate of drug-likeness (QED) is 0.746. The van der Waals surface area contributed by atoms with E-state index in [1.54, 1.807) is 12.1 Å². The van der Waals surface area contributed by atoms with Gasteiger partial charge in [0.15, 0.2) is 0 Å². The third-order valence-electron chi connectivity index (χ3n) is 1.92. The van der Waals surface area contributed by atoms with Crippen molar-refractivity contribution < 1.29 is 14.3 Å². The van der Waals surface area contributed by atoms with Crippen molar-refractivity contribution in [3.8, 4) is 0 Å². The van der Waals surface area contributed by atoms with Crippen molar-refractivity contribution in [1.29, 1.82) is 0 Å². The fourth-order valence-electron chi connectivity index (χ4n) is 1.14. The standard InChI is InChI=1S/C11H12FNO2/c1-8(13-6-5-11(14)15)9-3-2-4-10(12)7-9/h2-8,13H,1H3,(H,14,15)/b6-5+/t8-/m1/s1. The highest BCUT2D eigenvalue weighted by atomic mass is 19.1. The second-order valence-electron chi connectivity index (χ2n) is 3.11. The van der Waals surface area contributed by atoms with E-state index >= 15 is 0 Å². The minimum atomic E-state index is -1.02. The Bertz CT molecular complexity index is 377. The number of carboxylic acid groups (broad SMARTS) is 1. The van der Waals surface area contributed by atoms with Crippen LogP contribution in [0.2, 0.25) is 0 Å². The van der Waals surface area contributed by atoms with E-state index in [9.17, 15) is 9.18 Å². The second kappa shape index (κ2) is 5.14. The zero-order valence-electron chi connectivity index (χ0n) is 8.27. The molecule has 3 nitrogen and oxygen atoms in total. The first kappa shape index (κ1) is 11.2. The maximum Gasteiger partial charge on any atom is 0.329 e. The largest absolute Gasteiger partial charge is 0.478 e. The van der Waals surface area contributed by atoms with Crippen molar-refractivity contribution in [1.82, 2.24) is 5.32 Å². The summed E-state index contributed by atoms with van der Waals surface area (Å²) >= 11 is 0. The lowest BCUT2D eigenvalue weighted by Crippen LogP contribution is -2.12. The molecule has 0 aliphatic heterocycles. The molecule has 2 N–H and O–H groups in total. The topological polar surface area (TPSA) is 49.3 Å². The minimum absolute atomic E-state index is 0.128. The Morgan fingerprint density at radius 3 is 2.93 bits per heavy atom. The monoisotopic (exact) mass is 209 g/mol. The van der Waals surface area contributed by atoms with Crippen LogP contribution >= 0.6 is 0 Å². The molecular formula is C11H12FNO2. The molecule has 0 fully saturated rings. The number of hydrogen-bond donors (Lipinski definition) is 2. The molecule has 0 unspecified atom stereocenters. The van der Waals surface area contributed by atoms with E-state index in [2.05, 4.69) is 5.32 Å². The first-order valence-corrected chi connectivity index (χ1v) is 4.50. The Morgan fingerprint density at radius 2 is 2.33 bits per heavy atom. The smallest absolute Gasteiger partial charge is 0.329 e. The van der Waals surface area contributed by atoms with E-state index in [1.807, 2.05) is 6.92 Å². The Balaban J connectivity index is 2.61. The first-order chi connectivity index (χ1) is 7.09. The Hall–Kier alpha value is -1.84. The molecule has 1 rings (SSSR count). The normalized spacial score (nSPS) is 12.7. The van der Waals surface area contributed by atoms with Gasteiger partial charge in [-0.2, -0.15) is 0 Å². The molecular weight excluding hydrogens is 197 g/mol. The first-order valence-electron chi connectivity index (χ1n) is 4.50. The number of carboxylic acids is 1. The highest BCUT2D eigenvalue weighted by Crippen LogP contribution is 2.12. The van der Waals surface area contributed by atoms with Gasteiger partial charge in [0, 0.05) is 18.3 Å². The number of rotatable bonds is 4. The van der Waals surface area contributed by atoms with Crippen molar-refractivity contribution in [2.45, 2.75) is 13.0 Å². The van der Waals surface area contributed by atoms with Crippen LogP contribution in [0.1, 0.15) is 18.5 Å². The summed E-state index contributed by atoms with van der Waals surface area (Å²) in [6.45, 7) is 1.82. The molecule has 1 aromatic carbocycles. The average Bonchev–Trinajstić information content (AvgIpc) is 2.17. The summed E-state index contributed by atoms with van der Waals surface area (Å²) in [7, 11) is 0. The van der Waals surface area contributed by atoms with Gasteiger partial charge in [-0.05, 0) is 24.6 Å². The van der Waals surface area contributed by atoms with Crippen LogP contribution in [0.3, 0.4) is 0 Å². The number of halogens is 1. The lowest BCUT2D eigenvalue weighted by Gasteiger charge is -2.11. The number of benzene rings is 1. The molecule has 15 heavy (non-hydrogen) atoms. The fourth-order valence-corrected chi connectivity index (χ4v) is 1.14. The summed E-state index contributed by atoms with van der Waals surface area (Å²) in [5.74, 6) is -1.32. The zero-order valence-corrected chi connectivity index (χ0v) is 8.27. The molecule has 0 amide bonds. The molecule has 0 aliphatic rings. The van der Waals surface area contributed by atoms with Crippen LogP contribution in [0.4, 0.5) is 4.39 Å². The minimum Gasteiger partial charge on any atom is -0.478 e. The van der Waals surface area contributed by atoms with Crippen molar-refractivity contribution >= 4 is 5.97 Å². The van der Waals surface area contributed by atoms with E-state index in [4.69, 9.17) is 5.11 Å². The van der Waals surface area contributed by atoms with Crippen molar-refractivity contribution in [2.75, 3.05) is 0 Å². The molecule has 0 spiro atoms. The predicted molar refractivity (Wildman–Crippen MR) is 54.7 cm³/mol. The number of aliphatic carboxylic acids is 1. The van der Waals surface area contributed by atoms with Gasteiger partial charge in [-0.3, -0.25) is 0 Å². The van der Waals surface area contributed by atoms with Gasteiger partial charge in [0.2, 0.25) is 0 Å². The maximum absolute atomic E-state index is 12.8. The third kappa shape index (κ3) is 3.81. The summed E-state index contributed by atoms with van der Waals surface area (Å²) in [5.41, 5.74) is 0.769. The third-order valence-corrected chi connectivity index (χ3v) is 1.92. The summed E-state index contributed by atoms with van der Waals surface area (Å²) in [6, 6.07) is 6.03. The second-order valence-corrected chi connectivity index (χ2v) is 3.11. The van der Waals surface area contributed by atoms with Crippen LogP contribution in [0.5, 0.6) is 0 Å². The van der Waals surface area contributed by atoms with Gasteiger partial charge in [-0.15, -0.1) is 0 Å². The highest BCUT2D eigenvalue weighted by Gasteiger charge is 2.03. The van der Waals surface area contributed by atoms with Gasteiger partial charge in [0.1, 0.15) is 5.82 Å². The van der Waals surface area contributed by atoms with Crippen molar-refractivity contribution in [2.24, 2.45) is 0 Å². The highest BCUT2D eigenvalue weighted by molar-refractivity contribution is 5.79. The van der Waals surface area contributed by atoms with E-state index in [0.717, 1.165) is 11.6 Å². The molecule has 0 aliphatic carbocycles. The summed E-state index contributed by atoms with van der Waals surface area (Å²) in [5, 5.41) is 11.2. The molecule has 0 aromatic heterocycles. The van der Waals surface area contributed by atoms with E-state index in [-0.39, 0.29) is 11.9 Å². The zero-order chi connectivity index (χ0) is 11.3.